The lowest BCUT2D eigenvalue weighted by atomic mass is 10.0. The highest BCUT2D eigenvalue weighted by molar-refractivity contribution is 7.10. The van der Waals surface area contributed by atoms with Gasteiger partial charge in [0.25, 0.3) is 0 Å². The van der Waals surface area contributed by atoms with Crippen molar-refractivity contribution in [3.05, 3.63) is 58.3 Å². The lowest BCUT2D eigenvalue weighted by Gasteiger charge is -2.18. The number of rotatable bonds is 6. The number of amides is 1. The van der Waals surface area contributed by atoms with Gasteiger partial charge in [-0.15, -0.1) is 11.3 Å². The number of carboxylic acid groups (broad SMARTS) is 1. The molecule has 22 heavy (non-hydrogen) atoms. The Morgan fingerprint density at radius 1 is 1.18 bits per heavy atom. The van der Waals surface area contributed by atoms with Gasteiger partial charge in [-0.3, -0.25) is 9.59 Å². The molecule has 1 saturated carbocycles. The molecule has 5 heteroatoms. The topological polar surface area (TPSA) is 66.4 Å². The molecular formula is C17H17NO3S. The molecule has 114 valence electrons. The van der Waals surface area contributed by atoms with Crippen molar-refractivity contribution in [2.75, 3.05) is 0 Å². The average Bonchev–Trinajstić information content (AvgIpc) is 3.15. The minimum absolute atomic E-state index is 0.107. The van der Waals surface area contributed by atoms with Crippen LogP contribution in [-0.4, -0.2) is 17.0 Å². The van der Waals surface area contributed by atoms with E-state index in [9.17, 15) is 9.59 Å². The molecule has 2 aromatic rings. The molecule has 0 bridgehead atoms. The normalized spacial score (nSPS) is 21.1. The highest BCUT2D eigenvalue weighted by atomic mass is 32.1. The van der Waals surface area contributed by atoms with E-state index in [4.69, 9.17) is 5.11 Å². The second-order valence-electron chi connectivity index (χ2n) is 5.55. The molecular weight excluding hydrogens is 298 g/mol. The number of hydrogen-bond acceptors (Lipinski definition) is 3. The molecule has 1 fully saturated rings. The van der Waals surface area contributed by atoms with Crippen molar-refractivity contribution in [2.45, 2.75) is 18.9 Å². The molecule has 2 N–H and O–H groups in total. The number of benzene rings is 1. The maximum Gasteiger partial charge on any atom is 0.307 e. The predicted octanol–water partition coefficient (Wildman–Crippen LogP) is 2.87. The summed E-state index contributed by atoms with van der Waals surface area (Å²) in [7, 11) is 0. The molecule has 3 rings (SSSR count). The van der Waals surface area contributed by atoms with Crippen molar-refractivity contribution >= 4 is 23.2 Å². The summed E-state index contributed by atoms with van der Waals surface area (Å²) in [5.74, 6) is -1.92. The Bertz CT molecular complexity index is 654. The van der Waals surface area contributed by atoms with E-state index in [0.717, 1.165) is 10.4 Å². The third-order valence-electron chi connectivity index (χ3n) is 3.93. The Hall–Kier alpha value is -2.14. The van der Waals surface area contributed by atoms with Crippen molar-refractivity contribution in [1.82, 2.24) is 5.32 Å². The van der Waals surface area contributed by atoms with Crippen molar-refractivity contribution in [1.29, 1.82) is 0 Å². The zero-order valence-electron chi connectivity index (χ0n) is 11.9. The number of nitrogens with one attached hydrogen (secondary N) is 1. The summed E-state index contributed by atoms with van der Waals surface area (Å²) in [6, 6.07) is 13.8. The molecule has 1 aliphatic carbocycles. The summed E-state index contributed by atoms with van der Waals surface area (Å²) in [4.78, 5) is 24.2. The van der Waals surface area contributed by atoms with Gasteiger partial charge < -0.3 is 10.4 Å². The van der Waals surface area contributed by atoms with Crippen LogP contribution in [0.25, 0.3) is 0 Å². The molecule has 1 aromatic carbocycles. The van der Waals surface area contributed by atoms with Gasteiger partial charge >= 0.3 is 5.97 Å². The Balaban J connectivity index is 1.70. The van der Waals surface area contributed by atoms with E-state index in [1.54, 1.807) is 11.3 Å². The molecule has 1 heterocycles. The molecule has 1 amide bonds. The second-order valence-corrected chi connectivity index (χ2v) is 6.53. The number of aliphatic carboxylic acids is 1. The highest BCUT2D eigenvalue weighted by Crippen LogP contribution is 2.39. The van der Waals surface area contributed by atoms with Crippen molar-refractivity contribution < 1.29 is 14.7 Å². The van der Waals surface area contributed by atoms with Crippen molar-refractivity contribution in [2.24, 2.45) is 11.8 Å². The highest BCUT2D eigenvalue weighted by Gasteiger charge is 2.48. The summed E-state index contributed by atoms with van der Waals surface area (Å²) in [5, 5.41) is 14.0. The quantitative estimate of drug-likeness (QED) is 0.861. The van der Waals surface area contributed by atoms with Crippen LogP contribution in [0.3, 0.4) is 0 Å². The van der Waals surface area contributed by atoms with E-state index in [2.05, 4.69) is 5.32 Å². The minimum Gasteiger partial charge on any atom is -0.481 e. The van der Waals surface area contributed by atoms with E-state index >= 15 is 0 Å². The van der Waals surface area contributed by atoms with E-state index in [-0.39, 0.29) is 17.9 Å². The monoisotopic (exact) mass is 315 g/mol. The fourth-order valence-electron chi connectivity index (χ4n) is 2.60. The molecule has 1 aromatic heterocycles. The lowest BCUT2D eigenvalue weighted by Crippen LogP contribution is -2.31. The molecule has 0 saturated heterocycles. The Morgan fingerprint density at radius 3 is 2.55 bits per heavy atom. The van der Waals surface area contributed by atoms with E-state index in [1.165, 1.54) is 0 Å². The van der Waals surface area contributed by atoms with Crippen LogP contribution in [0, 0.1) is 11.8 Å². The van der Waals surface area contributed by atoms with Crippen LogP contribution in [0.15, 0.2) is 47.8 Å². The van der Waals surface area contributed by atoms with E-state index in [1.807, 2.05) is 47.8 Å². The molecule has 3 atom stereocenters. The summed E-state index contributed by atoms with van der Waals surface area (Å²) in [6.07, 6.45) is 1.15. The summed E-state index contributed by atoms with van der Waals surface area (Å²) in [5.41, 5.74) is 1.15. The van der Waals surface area contributed by atoms with Crippen molar-refractivity contribution in [3.63, 3.8) is 0 Å². The molecule has 0 aliphatic heterocycles. The third-order valence-corrected chi connectivity index (χ3v) is 4.92. The maximum atomic E-state index is 12.2. The average molecular weight is 315 g/mol. The fraction of sp³-hybridized carbons (Fsp3) is 0.294. The Kier molecular flexibility index (Phi) is 4.24. The molecule has 1 aliphatic rings. The van der Waals surface area contributed by atoms with Gasteiger partial charge in [-0.2, -0.15) is 0 Å². The van der Waals surface area contributed by atoms with Crippen molar-refractivity contribution in [3.8, 4) is 0 Å². The van der Waals surface area contributed by atoms with Gasteiger partial charge in [-0.25, -0.2) is 0 Å². The first kappa shape index (κ1) is 14.8. The standard InChI is InChI=1S/C17H17NO3S/c19-16(12-10-13(12)17(20)21)18-14(15-7-4-8-22-15)9-11-5-2-1-3-6-11/h1-8,12-14H,9-10H2,(H,18,19)(H,20,21)/t12-,13-,14+/m1/s1. The summed E-state index contributed by atoms with van der Waals surface area (Å²) >= 11 is 1.60. The number of hydrogen-bond donors (Lipinski definition) is 2. The van der Waals surface area contributed by atoms with Gasteiger partial charge in [0.05, 0.1) is 17.9 Å². The molecule has 0 unspecified atom stereocenters. The van der Waals surface area contributed by atoms with Crippen LogP contribution in [-0.2, 0) is 16.0 Å². The van der Waals surface area contributed by atoms with Crippen LogP contribution >= 0.6 is 11.3 Å². The van der Waals surface area contributed by atoms with E-state index < -0.39 is 11.9 Å². The first-order chi connectivity index (χ1) is 10.6. The van der Waals surface area contributed by atoms with Gasteiger partial charge in [0, 0.05) is 4.88 Å². The number of carbonyl (C=O) groups is 2. The second kappa shape index (κ2) is 6.32. The largest absolute Gasteiger partial charge is 0.481 e. The first-order valence-corrected chi connectivity index (χ1v) is 8.13. The van der Waals surface area contributed by atoms with Crippen LogP contribution in [0.5, 0.6) is 0 Å². The molecule has 0 radical (unpaired) electrons. The lowest BCUT2D eigenvalue weighted by molar-refractivity contribution is -0.140. The zero-order chi connectivity index (χ0) is 15.5. The Morgan fingerprint density at radius 2 is 1.95 bits per heavy atom. The van der Waals surface area contributed by atoms with Gasteiger partial charge in [0.15, 0.2) is 0 Å². The Labute approximate surface area is 132 Å². The van der Waals surface area contributed by atoms with Gasteiger partial charge in [0.1, 0.15) is 0 Å². The summed E-state index contributed by atoms with van der Waals surface area (Å²) in [6.45, 7) is 0. The van der Waals surface area contributed by atoms with Crippen LogP contribution in [0.1, 0.15) is 22.9 Å². The van der Waals surface area contributed by atoms with Gasteiger partial charge in [-0.05, 0) is 29.9 Å². The third kappa shape index (κ3) is 3.36. The van der Waals surface area contributed by atoms with Crippen LogP contribution in [0.2, 0.25) is 0 Å². The van der Waals surface area contributed by atoms with Gasteiger partial charge in [-0.1, -0.05) is 36.4 Å². The zero-order valence-corrected chi connectivity index (χ0v) is 12.8. The SMILES string of the molecule is O=C(O)[C@@H]1C[C@H]1C(=O)N[C@@H](Cc1ccccc1)c1cccs1. The van der Waals surface area contributed by atoms with Gasteiger partial charge in [0.2, 0.25) is 5.91 Å². The smallest absolute Gasteiger partial charge is 0.307 e. The first-order valence-electron chi connectivity index (χ1n) is 7.25. The number of carboxylic acids is 1. The summed E-state index contributed by atoms with van der Waals surface area (Å²) < 4.78 is 0. The van der Waals surface area contributed by atoms with E-state index in [0.29, 0.717) is 12.8 Å². The number of thiophene rings is 1. The predicted molar refractivity (Wildman–Crippen MR) is 84.6 cm³/mol. The van der Waals surface area contributed by atoms with Crippen LogP contribution in [0.4, 0.5) is 0 Å². The van der Waals surface area contributed by atoms with Crippen LogP contribution < -0.4 is 5.32 Å². The molecule has 4 nitrogen and oxygen atoms in total. The minimum atomic E-state index is -0.879. The number of carbonyl (C=O) groups excluding carboxylic acids is 1. The maximum absolute atomic E-state index is 12.2. The molecule has 0 spiro atoms. The fourth-order valence-corrected chi connectivity index (χ4v) is 3.38.